The van der Waals surface area contributed by atoms with E-state index in [0.717, 1.165) is 24.3 Å². The summed E-state index contributed by atoms with van der Waals surface area (Å²) in [5.74, 6) is -3.40. The van der Waals surface area contributed by atoms with Gasteiger partial charge in [-0.15, -0.1) is 0 Å². The van der Waals surface area contributed by atoms with Crippen LogP contribution in [0.25, 0.3) is 0 Å². The van der Waals surface area contributed by atoms with Gasteiger partial charge in [0.15, 0.2) is 11.6 Å². The van der Waals surface area contributed by atoms with Gasteiger partial charge in [0.1, 0.15) is 16.5 Å². The Labute approximate surface area is 107 Å². The standard InChI is InChI=1S/C12H8F2O4S/c13-9-6-8(2-3-11(9)16)19(17,18)12-4-1-7(15)5-10(12)14/h1-6,15-16H. The van der Waals surface area contributed by atoms with E-state index in [1.54, 1.807) is 0 Å². The van der Waals surface area contributed by atoms with Crippen molar-refractivity contribution in [2.75, 3.05) is 0 Å². The van der Waals surface area contributed by atoms with Gasteiger partial charge < -0.3 is 10.2 Å². The molecule has 4 nitrogen and oxygen atoms in total. The lowest BCUT2D eigenvalue weighted by Crippen LogP contribution is -2.05. The average molecular weight is 286 g/mol. The van der Waals surface area contributed by atoms with Gasteiger partial charge in [-0.1, -0.05) is 0 Å². The Morgan fingerprint density at radius 1 is 0.895 bits per heavy atom. The highest BCUT2D eigenvalue weighted by atomic mass is 32.2. The molecule has 100 valence electrons. The lowest BCUT2D eigenvalue weighted by atomic mass is 10.3. The molecule has 2 aromatic carbocycles. The molecule has 0 atom stereocenters. The number of phenolic OH excluding ortho intramolecular Hbond substituents is 2. The van der Waals surface area contributed by atoms with Crippen molar-refractivity contribution in [1.29, 1.82) is 0 Å². The van der Waals surface area contributed by atoms with Gasteiger partial charge in [-0.3, -0.25) is 0 Å². The van der Waals surface area contributed by atoms with Crippen LogP contribution in [0.1, 0.15) is 0 Å². The van der Waals surface area contributed by atoms with Crippen molar-refractivity contribution in [2.24, 2.45) is 0 Å². The zero-order valence-electron chi connectivity index (χ0n) is 9.34. The van der Waals surface area contributed by atoms with E-state index in [0.29, 0.717) is 12.1 Å². The van der Waals surface area contributed by atoms with Crippen molar-refractivity contribution in [1.82, 2.24) is 0 Å². The quantitative estimate of drug-likeness (QED) is 0.887. The Hall–Kier alpha value is -2.15. The molecular formula is C12H8F2O4S. The third-order valence-electron chi connectivity index (χ3n) is 2.43. The first-order chi connectivity index (χ1) is 8.82. The Morgan fingerprint density at radius 2 is 1.58 bits per heavy atom. The maximum atomic E-state index is 13.5. The van der Waals surface area contributed by atoms with E-state index < -0.39 is 42.8 Å². The normalized spacial score (nSPS) is 11.5. The molecule has 2 N–H and O–H groups in total. The molecule has 0 aliphatic carbocycles. The number of rotatable bonds is 2. The van der Waals surface area contributed by atoms with E-state index in [9.17, 15) is 17.2 Å². The Bertz CT molecular complexity index is 741. The van der Waals surface area contributed by atoms with Gasteiger partial charge in [-0.2, -0.15) is 0 Å². The molecule has 0 aliphatic heterocycles. The fourth-order valence-electron chi connectivity index (χ4n) is 1.49. The molecule has 0 aliphatic rings. The second-order valence-electron chi connectivity index (χ2n) is 3.73. The molecule has 2 aromatic rings. The summed E-state index contributed by atoms with van der Waals surface area (Å²) in [4.78, 5) is -1.18. The zero-order valence-corrected chi connectivity index (χ0v) is 10.2. The molecule has 0 unspecified atom stereocenters. The average Bonchev–Trinajstić information content (AvgIpc) is 2.32. The van der Waals surface area contributed by atoms with Crippen molar-refractivity contribution >= 4 is 9.84 Å². The van der Waals surface area contributed by atoms with Crippen molar-refractivity contribution in [3.05, 3.63) is 48.0 Å². The summed E-state index contributed by atoms with van der Waals surface area (Å²) in [6.45, 7) is 0. The molecule has 0 radical (unpaired) electrons. The van der Waals surface area contributed by atoms with Crippen LogP contribution in [0.3, 0.4) is 0 Å². The van der Waals surface area contributed by atoms with Crippen LogP contribution >= 0.6 is 0 Å². The second-order valence-corrected chi connectivity index (χ2v) is 5.65. The number of benzene rings is 2. The lowest BCUT2D eigenvalue weighted by molar-refractivity contribution is 0.431. The van der Waals surface area contributed by atoms with Gasteiger partial charge in [0.25, 0.3) is 0 Å². The molecule has 0 amide bonds. The van der Waals surface area contributed by atoms with Gasteiger partial charge >= 0.3 is 0 Å². The van der Waals surface area contributed by atoms with Crippen molar-refractivity contribution in [2.45, 2.75) is 9.79 Å². The molecule has 0 bridgehead atoms. The Kier molecular flexibility index (Phi) is 3.15. The van der Waals surface area contributed by atoms with E-state index in [1.807, 2.05) is 0 Å². The smallest absolute Gasteiger partial charge is 0.209 e. The monoisotopic (exact) mass is 286 g/mol. The largest absolute Gasteiger partial charge is 0.508 e. The fourth-order valence-corrected chi connectivity index (χ4v) is 2.81. The number of halogens is 2. The van der Waals surface area contributed by atoms with Crippen LogP contribution in [0.5, 0.6) is 11.5 Å². The first-order valence-corrected chi connectivity index (χ1v) is 6.53. The minimum absolute atomic E-state index is 0.423. The van der Waals surface area contributed by atoms with Crippen LogP contribution in [-0.4, -0.2) is 18.6 Å². The third-order valence-corrected chi connectivity index (χ3v) is 4.22. The highest BCUT2D eigenvalue weighted by Gasteiger charge is 2.23. The maximum absolute atomic E-state index is 13.5. The first kappa shape index (κ1) is 13.3. The van der Waals surface area contributed by atoms with E-state index in [2.05, 4.69) is 0 Å². The van der Waals surface area contributed by atoms with E-state index in [1.165, 1.54) is 0 Å². The lowest BCUT2D eigenvalue weighted by Gasteiger charge is -2.06. The molecule has 0 spiro atoms. The minimum Gasteiger partial charge on any atom is -0.508 e. The third kappa shape index (κ3) is 2.37. The summed E-state index contributed by atoms with van der Waals surface area (Å²) in [7, 11) is -4.26. The summed E-state index contributed by atoms with van der Waals surface area (Å²) in [5, 5.41) is 18.0. The van der Waals surface area contributed by atoms with Gasteiger partial charge in [-0.25, -0.2) is 17.2 Å². The number of hydrogen-bond donors (Lipinski definition) is 2. The number of aromatic hydroxyl groups is 2. The fraction of sp³-hybridized carbons (Fsp3) is 0. The molecule has 2 rings (SSSR count). The van der Waals surface area contributed by atoms with Crippen LogP contribution in [0, 0.1) is 11.6 Å². The van der Waals surface area contributed by atoms with E-state index in [-0.39, 0.29) is 0 Å². The van der Waals surface area contributed by atoms with Crippen molar-refractivity contribution < 1.29 is 27.4 Å². The summed E-state index contributed by atoms with van der Waals surface area (Å²) in [5.41, 5.74) is 0. The summed E-state index contributed by atoms with van der Waals surface area (Å²) in [6.07, 6.45) is 0. The van der Waals surface area contributed by atoms with Crippen LogP contribution in [0.4, 0.5) is 8.78 Å². The highest BCUT2D eigenvalue weighted by Crippen LogP contribution is 2.28. The number of phenols is 2. The molecule has 19 heavy (non-hydrogen) atoms. The number of sulfone groups is 1. The van der Waals surface area contributed by atoms with Gasteiger partial charge in [0, 0.05) is 6.07 Å². The molecule has 0 heterocycles. The van der Waals surface area contributed by atoms with Gasteiger partial charge in [0.2, 0.25) is 9.84 Å². The molecule has 0 fully saturated rings. The van der Waals surface area contributed by atoms with Crippen LogP contribution < -0.4 is 0 Å². The first-order valence-electron chi connectivity index (χ1n) is 5.04. The van der Waals surface area contributed by atoms with Crippen LogP contribution in [-0.2, 0) is 9.84 Å². The maximum Gasteiger partial charge on any atom is 0.209 e. The summed E-state index contributed by atoms with van der Waals surface area (Å²) >= 11 is 0. The van der Waals surface area contributed by atoms with Gasteiger partial charge in [-0.05, 0) is 30.3 Å². The van der Waals surface area contributed by atoms with Crippen LogP contribution in [0.2, 0.25) is 0 Å². The highest BCUT2D eigenvalue weighted by molar-refractivity contribution is 7.91. The Balaban J connectivity index is 2.62. The molecule has 7 heteroatoms. The Morgan fingerprint density at radius 3 is 2.16 bits per heavy atom. The van der Waals surface area contributed by atoms with Crippen LogP contribution in [0.15, 0.2) is 46.2 Å². The van der Waals surface area contributed by atoms with Crippen molar-refractivity contribution in [3.63, 3.8) is 0 Å². The SMILES string of the molecule is O=S(=O)(c1ccc(O)c(F)c1)c1ccc(O)cc1F. The molecule has 0 saturated heterocycles. The predicted molar refractivity (Wildman–Crippen MR) is 61.6 cm³/mol. The molecule has 0 aromatic heterocycles. The molecular weight excluding hydrogens is 278 g/mol. The topological polar surface area (TPSA) is 74.6 Å². The van der Waals surface area contributed by atoms with Gasteiger partial charge in [0.05, 0.1) is 4.90 Å². The minimum atomic E-state index is -4.26. The summed E-state index contributed by atoms with van der Waals surface area (Å²) in [6, 6.07) is 4.94. The van der Waals surface area contributed by atoms with E-state index >= 15 is 0 Å². The van der Waals surface area contributed by atoms with E-state index in [4.69, 9.17) is 10.2 Å². The second kappa shape index (κ2) is 4.51. The summed E-state index contributed by atoms with van der Waals surface area (Å²) < 4.78 is 50.8. The van der Waals surface area contributed by atoms with Crippen molar-refractivity contribution in [3.8, 4) is 11.5 Å². The predicted octanol–water partition coefficient (Wildman–Crippen LogP) is 2.21. The number of hydrogen-bond acceptors (Lipinski definition) is 4. The zero-order chi connectivity index (χ0) is 14.2. The molecule has 0 saturated carbocycles.